The first-order valence-electron chi connectivity index (χ1n) is 15.5. The highest BCUT2D eigenvalue weighted by Crippen LogP contribution is 2.42. The van der Waals surface area contributed by atoms with Crippen molar-refractivity contribution in [2.24, 2.45) is 0 Å². The molecule has 0 saturated heterocycles. The zero-order chi connectivity index (χ0) is 34.5. The fourth-order valence-corrected chi connectivity index (χ4v) is 4.92. The number of hydrogen-bond donors (Lipinski definition) is 0. The number of anilines is 2. The predicted octanol–water partition coefficient (Wildman–Crippen LogP) is 5.47. The number of ether oxygens (including phenoxy) is 8. The number of hydrogen-bond acceptors (Lipinski definition) is 12. The van der Waals surface area contributed by atoms with E-state index < -0.39 is 0 Å². The molecule has 2 heterocycles. The molecule has 0 atom stereocenters. The van der Waals surface area contributed by atoms with Gasteiger partial charge >= 0.3 is 0 Å². The molecule has 0 N–H and O–H groups in total. The number of rotatable bonds is 19. The van der Waals surface area contributed by atoms with E-state index in [2.05, 4.69) is 21.9 Å². The Bertz CT molecular complexity index is 1420. The molecular weight excluding hydrogens is 616 g/mol. The van der Waals surface area contributed by atoms with Crippen LogP contribution in [0.15, 0.2) is 60.9 Å². The Labute approximate surface area is 283 Å². The number of methoxy groups -OCH3 is 6. The largest absolute Gasteiger partial charge is 0.493 e. The zero-order valence-corrected chi connectivity index (χ0v) is 29.1. The van der Waals surface area contributed by atoms with Crippen LogP contribution in [0.2, 0.25) is 0 Å². The Morgan fingerprint density at radius 3 is 1.12 bits per heavy atom. The van der Waals surface area contributed by atoms with Crippen LogP contribution in [-0.4, -0.2) is 106 Å². The van der Waals surface area contributed by atoms with Crippen molar-refractivity contribution in [1.29, 1.82) is 0 Å². The lowest BCUT2D eigenvalue weighted by Crippen LogP contribution is -2.30. The van der Waals surface area contributed by atoms with Crippen molar-refractivity contribution < 1.29 is 37.9 Å². The smallest absolute Gasteiger partial charge is 0.203 e. The SMILES string of the molecule is COCCOc1c(OC)cc(-c2ccc(N(C)CCN(C)c3ccc(-c4cc(OC)c(OCCOC)c(OC)c4)nc3)cn2)cc1OC. The van der Waals surface area contributed by atoms with Crippen molar-refractivity contribution in [2.45, 2.75) is 0 Å². The van der Waals surface area contributed by atoms with Gasteiger partial charge in [0.25, 0.3) is 0 Å². The van der Waals surface area contributed by atoms with Gasteiger partial charge in [0.05, 0.1) is 76.8 Å². The molecule has 0 unspecified atom stereocenters. The zero-order valence-electron chi connectivity index (χ0n) is 29.1. The van der Waals surface area contributed by atoms with Crippen LogP contribution in [0.4, 0.5) is 11.4 Å². The van der Waals surface area contributed by atoms with Gasteiger partial charge in [0.1, 0.15) is 13.2 Å². The Hall–Kier alpha value is -4.94. The van der Waals surface area contributed by atoms with Crippen LogP contribution < -0.4 is 38.2 Å². The van der Waals surface area contributed by atoms with Crippen molar-refractivity contribution in [2.75, 3.05) is 106 Å². The number of aromatic nitrogens is 2. The molecule has 258 valence electrons. The van der Waals surface area contributed by atoms with E-state index in [9.17, 15) is 0 Å². The maximum absolute atomic E-state index is 5.84. The van der Waals surface area contributed by atoms with Crippen LogP contribution in [0, 0.1) is 0 Å². The molecule has 0 saturated carbocycles. The molecule has 48 heavy (non-hydrogen) atoms. The maximum atomic E-state index is 5.84. The van der Waals surface area contributed by atoms with Crippen LogP contribution in [0.25, 0.3) is 22.5 Å². The number of pyridine rings is 2. The second kappa shape index (κ2) is 17.8. The molecule has 0 radical (unpaired) electrons. The highest BCUT2D eigenvalue weighted by molar-refractivity contribution is 5.71. The van der Waals surface area contributed by atoms with Crippen molar-refractivity contribution in [3.63, 3.8) is 0 Å². The van der Waals surface area contributed by atoms with Crippen LogP contribution >= 0.6 is 0 Å². The molecule has 0 aliphatic heterocycles. The molecule has 0 fully saturated rings. The lowest BCUT2D eigenvalue weighted by Gasteiger charge is -2.25. The van der Waals surface area contributed by atoms with E-state index in [4.69, 9.17) is 47.9 Å². The van der Waals surface area contributed by atoms with Gasteiger partial charge in [-0.05, 0) is 48.5 Å². The third-order valence-electron chi connectivity index (χ3n) is 7.73. The molecule has 0 aliphatic rings. The summed E-state index contributed by atoms with van der Waals surface area (Å²) >= 11 is 0. The summed E-state index contributed by atoms with van der Waals surface area (Å²) in [7, 11) is 13.8. The molecule has 0 bridgehead atoms. The van der Waals surface area contributed by atoms with E-state index in [1.165, 1.54) is 0 Å². The second-order valence-corrected chi connectivity index (χ2v) is 10.7. The van der Waals surface area contributed by atoms with Gasteiger partial charge in [0.15, 0.2) is 23.0 Å². The Kier molecular flexibility index (Phi) is 13.3. The van der Waals surface area contributed by atoms with Crippen LogP contribution in [0.1, 0.15) is 0 Å². The minimum absolute atomic E-state index is 0.380. The van der Waals surface area contributed by atoms with E-state index in [1.54, 1.807) is 42.7 Å². The summed E-state index contributed by atoms with van der Waals surface area (Å²) in [5, 5.41) is 0. The van der Waals surface area contributed by atoms with Gasteiger partial charge in [0.2, 0.25) is 11.5 Å². The molecule has 4 rings (SSSR count). The van der Waals surface area contributed by atoms with Gasteiger partial charge < -0.3 is 47.7 Å². The summed E-state index contributed by atoms with van der Waals surface area (Å²) in [5.41, 5.74) is 5.29. The Morgan fingerprint density at radius 2 is 0.854 bits per heavy atom. The van der Waals surface area contributed by atoms with E-state index >= 15 is 0 Å². The van der Waals surface area contributed by atoms with Crippen LogP contribution in [-0.2, 0) is 9.47 Å². The van der Waals surface area contributed by atoms with E-state index in [0.717, 1.165) is 47.0 Å². The monoisotopic (exact) mass is 662 g/mol. The average molecular weight is 663 g/mol. The van der Waals surface area contributed by atoms with Gasteiger partial charge in [-0.3, -0.25) is 9.97 Å². The molecule has 4 aromatic rings. The Balaban J connectivity index is 1.39. The molecule has 12 nitrogen and oxygen atoms in total. The summed E-state index contributed by atoms with van der Waals surface area (Å²) in [6, 6.07) is 15.7. The fourth-order valence-electron chi connectivity index (χ4n) is 4.92. The molecule has 2 aromatic carbocycles. The molecule has 0 spiro atoms. The van der Waals surface area contributed by atoms with E-state index in [1.807, 2.05) is 62.9 Å². The van der Waals surface area contributed by atoms with Gasteiger partial charge in [-0.15, -0.1) is 0 Å². The van der Waals surface area contributed by atoms with Crippen molar-refractivity contribution in [3.8, 4) is 57.0 Å². The summed E-state index contributed by atoms with van der Waals surface area (Å²) in [5.74, 6) is 3.32. The second-order valence-electron chi connectivity index (χ2n) is 10.7. The first-order valence-corrected chi connectivity index (χ1v) is 15.5. The molecule has 0 aliphatic carbocycles. The summed E-state index contributed by atoms with van der Waals surface area (Å²) in [6.45, 7) is 3.21. The standard InChI is InChI=1S/C36H46N4O8/c1-39(27-9-11-29(37-23-27)25-19-31(43-5)35(32(20-25)44-6)47-17-15-41-3)13-14-40(2)28-10-12-30(38-24-28)26-21-33(45-7)36(34(22-26)46-8)48-18-16-42-4/h9-12,19-24H,13-18H2,1-8H3. The highest BCUT2D eigenvalue weighted by Gasteiger charge is 2.18. The minimum atomic E-state index is 0.380. The molecular formula is C36H46N4O8. The number of nitrogens with zero attached hydrogens (tertiary/aromatic N) is 4. The van der Waals surface area contributed by atoms with Gasteiger partial charge in [0, 0.05) is 52.5 Å². The van der Waals surface area contributed by atoms with Crippen molar-refractivity contribution in [1.82, 2.24) is 9.97 Å². The van der Waals surface area contributed by atoms with E-state index in [0.29, 0.717) is 60.9 Å². The van der Waals surface area contributed by atoms with Crippen LogP contribution in [0.3, 0.4) is 0 Å². The first-order chi connectivity index (χ1) is 23.4. The maximum Gasteiger partial charge on any atom is 0.203 e. The third-order valence-corrected chi connectivity index (χ3v) is 7.73. The Morgan fingerprint density at radius 1 is 0.500 bits per heavy atom. The van der Waals surface area contributed by atoms with Gasteiger partial charge in [-0.1, -0.05) is 0 Å². The van der Waals surface area contributed by atoms with Crippen molar-refractivity contribution in [3.05, 3.63) is 60.9 Å². The fraction of sp³-hybridized carbons (Fsp3) is 0.389. The molecule has 0 amide bonds. The molecule has 12 heteroatoms. The quantitative estimate of drug-likeness (QED) is 0.119. The average Bonchev–Trinajstić information content (AvgIpc) is 3.13. The van der Waals surface area contributed by atoms with Gasteiger partial charge in [-0.25, -0.2) is 0 Å². The van der Waals surface area contributed by atoms with Gasteiger partial charge in [-0.2, -0.15) is 0 Å². The van der Waals surface area contributed by atoms with E-state index in [-0.39, 0.29) is 0 Å². The third kappa shape index (κ3) is 8.90. The highest BCUT2D eigenvalue weighted by atomic mass is 16.6. The summed E-state index contributed by atoms with van der Waals surface area (Å²) in [4.78, 5) is 13.8. The number of benzene rings is 2. The summed E-state index contributed by atoms with van der Waals surface area (Å²) < 4.78 is 44.2. The lowest BCUT2D eigenvalue weighted by molar-refractivity contribution is 0.142. The topological polar surface area (TPSA) is 106 Å². The minimum Gasteiger partial charge on any atom is -0.493 e. The van der Waals surface area contributed by atoms with Crippen LogP contribution in [0.5, 0.6) is 34.5 Å². The number of likely N-dealkylation sites (N-methyl/N-ethyl adjacent to an activating group) is 2. The first kappa shape index (κ1) is 35.9. The normalized spacial score (nSPS) is 10.8. The van der Waals surface area contributed by atoms with Crippen molar-refractivity contribution >= 4 is 11.4 Å². The predicted molar refractivity (Wildman–Crippen MR) is 187 cm³/mol. The molecule has 2 aromatic heterocycles. The lowest BCUT2D eigenvalue weighted by atomic mass is 10.1. The summed E-state index contributed by atoms with van der Waals surface area (Å²) in [6.07, 6.45) is 3.73.